The van der Waals surface area contributed by atoms with E-state index in [1.54, 1.807) is 19.1 Å². The molecular formula is C17H20F4N2O2. The van der Waals surface area contributed by atoms with E-state index in [-0.39, 0.29) is 24.1 Å². The van der Waals surface area contributed by atoms with Crippen LogP contribution in [0.3, 0.4) is 0 Å². The van der Waals surface area contributed by atoms with Crippen molar-refractivity contribution in [2.75, 3.05) is 13.1 Å². The standard InChI is InChI=1S/C17H20F4N2O2/c1-11(12-4-6-13(18)7-5-12)9-15(24)23-8-2-3-14(23)16(25)22-10-17(19,20)21/h4-7,11,14H,2-3,8-10H2,1H3,(H,22,25). The van der Waals surface area contributed by atoms with E-state index >= 15 is 0 Å². The van der Waals surface area contributed by atoms with Gasteiger partial charge in [-0.05, 0) is 36.5 Å². The van der Waals surface area contributed by atoms with Crippen molar-refractivity contribution in [1.29, 1.82) is 0 Å². The molecule has 0 saturated carbocycles. The van der Waals surface area contributed by atoms with Gasteiger partial charge in [-0.1, -0.05) is 19.1 Å². The molecule has 138 valence electrons. The molecule has 2 rings (SSSR count). The van der Waals surface area contributed by atoms with Crippen LogP contribution in [0.5, 0.6) is 0 Å². The number of likely N-dealkylation sites (tertiary alicyclic amines) is 1. The zero-order valence-corrected chi connectivity index (χ0v) is 13.8. The highest BCUT2D eigenvalue weighted by Crippen LogP contribution is 2.24. The van der Waals surface area contributed by atoms with Crippen LogP contribution < -0.4 is 5.32 Å². The Labute approximate surface area is 143 Å². The molecule has 1 aliphatic rings. The van der Waals surface area contributed by atoms with E-state index in [1.165, 1.54) is 17.0 Å². The highest BCUT2D eigenvalue weighted by Gasteiger charge is 2.36. The van der Waals surface area contributed by atoms with Crippen molar-refractivity contribution in [3.63, 3.8) is 0 Å². The zero-order valence-electron chi connectivity index (χ0n) is 13.8. The number of alkyl halides is 3. The van der Waals surface area contributed by atoms with E-state index in [1.807, 2.05) is 5.32 Å². The Morgan fingerprint density at radius 3 is 2.52 bits per heavy atom. The maximum absolute atomic E-state index is 13.0. The molecule has 0 radical (unpaired) electrons. The molecule has 2 atom stereocenters. The fourth-order valence-electron chi connectivity index (χ4n) is 2.93. The third-order valence-corrected chi connectivity index (χ3v) is 4.26. The summed E-state index contributed by atoms with van der Waals surface area (Å²) >= 11 is 0. The second-order valence-electron chi connectivity index (χ2n) is 6.23. The second-order valence-corrected chi connectivity index (χ2v) is 6.23. The Bertz CT molecular complexity index is 616. The average Bonchev–Trinajstić information content (AvgIpc) is 3.02. The van der Waals surface area contributed by atoms with Gasteiger partial charge in [0, 0.05) is 13.0 Å². The molecule has 8 heteroatoms. The van der Waals surface area contributed by atoms with Crippen LogP contribution in [0.25, 0.3) is 0 Å². The molecule has 2 unspecified atom stereocenters. The first kappa shape index (κ1) is 19.2. The van der Waals surface area contributed by atoms with Crippen molar-refractivity contribution in [3.8, 4) is 0 Å². The number of carbonyl (C=O) groups is 2. The number of nitrogens with one attached hydrogen (secondary N) is 1. The average molecular weight is 360 g/mol. The molecule has 0 spiro atoms. The topological polar surface area (TPSA) is 49.4 Å². The van der Waals surface area contributed by atoms with Crippen LogP contribution in [0.1, 0.15) is 37.7 Å². The van der Waals surface area contributed by atoms with Crippen LogP contribution >= 0.6 is 0 Å². The highest BCUT2D eigenvalue weighted by molar-refractivity contribution is 5.88. The fraction of sp³-hybridized carbons (Fsp3) is 0.529. The van der Waals surface area contributed by atoms with Crippen molar-refractivity contribution in [2.45, 2.75) is 44.3 Å². The lowest BCUT2D eigenvalue weighted by Gasteiger charge is -2.25. The molecule has 0 aromatic heterocycles. The summed E-state index contributed by atoms with van der Waals surface area (Å²) in [7, 11) is 0. The Balaban J connectivity index is 1.95. The Morgan fingerprint density at radius 1 is 1.28 bits per heavy atom. The van der Waals surface area contributed by atoms with Crippen molar-refractivity contribution in [2.24, 2.45) is 0 Å². The number of hydrogen-bond acceptors (Lipinski definition) is 2. The molecule has 1 heterocycles. The summed E-state index contributed by atoms with van der Waals surface area (Å²) in [6.07, 6.45) is -3.46. The van der Waals surface area contributed by atoms with Gasteiger partial charge in [0.15, 0.2) is 0 Å². The summed E-state index contributed by atoms with van der Waals surface area (Å²) in [5.41, 5.74) is 0.784. The number of carbonyl (C=O) groups excluding carboxylic acids is 2. The number of rotatable bonds is 5. The lowest BCUT2D eigenvalue weighted by molar-refractivity contribution is -0.144. The van der Waals surface area contributed by atoms with Crippen LogP contribution in [-0.2, 0) is 9.59 Å². The summed E-state index contributed by atoms with van der Waals surface area (Å²) in [4.78, 5) is 25.8. The molecule has 2 amide bonds. The summed E-state index contributed by atoms with van der Waals surface area (Å²) in [5, 5.41) is 1.84. The Hall–Kier alpha value is -2.12. The van der Waals surface area contributed by atoms with Gasteiger partial charge in [0.25, 0.3) is 0 Å². The van der Waals surface area contributed by atoms with Crippen LogP contribution in [0.2, 0.25) is 0 Å². The van der Waals surface area contributed by atoms with E-state index in [4.69, 9.17) is 0 Å². The largest absolute Gasteiger partial charge is 0.405 e. The number of benzene rings is 1. The SMILES string of the molecule is CC(CC(=O)N1CCCC1C(=O)NCC(F)(F)F)c1ccc(F)cc1. The lowest BCUT2D eigenvalue weighted by Crippen LogP contribution is -2.48. The number of nitrogens with zero attached hydrogens (tertiary/aromatic N) is 1. The molecule has 0 bridgehead atoms. The second kappa shape index (κ2) is 7.84. The van der Waals surface area contributed by atoms with Crippen LogP contribution in [0.15, 0.2) is 24.3 Å². The molecule has 1 aromatic carbocycles. The predicted octanol–water partition coefficient (Wildman–Crippen LogP) is 2.99. The van der Waals surface area contributed by atoms with Gasteiger partial charge in [-0.2, -0.15) is 13.2 Å². The van der Waals surface area contributed by atoms with Gasteiger partial charge < -0.3 is 10.2 Å². The van der Waals surface area contributed by atoms with Gasteiger partial charge in [-0.25, -0.2) is 4.39 Å². The first-order chi connectivity index (χ1) is 11.7. The maximum Gasteiger partial charge on any atom is 0.405 e. The first-order valence-corrected chi connectivity index (χ1v) is 8.07. The zero-order chi connectivity index (χ0) is 18.6. The van der Waals surface area contributed by atoms with Gasteiger partial charge in [-0.3, -0.25) is 9.59 Å². The van der Waals surface area contributed by atoms with Gasteiger partial charge in [-0.15, -0.1) is 0 Å². The van der Waals surface area contributed by atoms with E-state index in [9.17, 15) is 27.2 Å². The molecule has 25 heavy (non-hydrogen) atoms. The smallest absolute Gasteiger partial charge is 0.345 e. The minimum absolute atomic E-state index is 0.106. The van der Waals surface area contributed by atoms with E-state index in [0.717, 1.165) is 5.56 Å². The van der Waals surface area contributed by atoms with Crippen molar-refractivity contribution < 1.29 is 27.2 Å². The van der Waals surface area contributed by atoms with Gasteiger partial charge >= 0.3 is 6.18 Å². The van der Waals surface area contributed by atoms with Gasteiger partial charge in [0.2, 0.25) is 11.8 Å². The summed E-state index contributed by atoms with van der Waals surface area (Å²) in [6, 6.07) is 4.92. The predicted molar refractivity (Wildman–Crippen MR) is 83.2 cm³/mol. The first-order valence-electron chi connectivity index (χ1n) is 8.07. The third-order valence-electron chi connectivity index (χ3n) is 4.26. The Kier molecular flexibility index (Phi) is 6.02. The quantitative estimate of drug-likeness (QED) is 0.821. The number of amides is 2. The lowest BCUT2D eigenvalue weighted by atomic mass is 9.97. The monoisotopic (exact) mass is 360 g/mol. The van der Waals surface area contributed by atoms with E-state index in [2.05, 4.69) is 0 Å². The fourth-order valence-corrected chi connectivity index (χ4v) is 2.93. The minimum atomic E-state index is -4.49. The van der Waals surface area contributed by atoms with Gasteiger partial charge in [0.1, 0.15) is 18.4 Å². The van der Waals surface area contributed by atoms with Crippen LogP contribution in [-0.4, -0.2) is 42.0 Å². The third kappa shape index (κ3) is 5.44. The maximum atomic E-state index is 13.0. The minimum Gasteiger partial charge on any atom is -0.345 e. The van der Waals surface area contributed by atoms with E-state index < -0.39 is 24.7 Å². The van der Waals surface area contributed by atoms with Gasteiger partial charge in [0.05, 0.1) is 0 Å². The normalized spacial score (nSPS) is 18.9. The molecule has 4 nitrogen and oxygen atoms in total. The molecular weight excluding hydrogens is 340 g/mol. The molecule has 1 saturated heterocycles. The molecule has 1 aromatic rings. The molecule has 1 fully saturated rings. The highest BCUT2D eigenvalue weighted by atomic mass is 19.4. The number of hydrogen-bond donors (Lipinski definition) is 1. The summed E-state index contributed by atoms with van der Waals surface area (Å²) in [5.74, 6) is -1.63. The van der Waals surface area contributed by atoms with Crippen molar-refractivity contribution in [1.82, 2.24) is 10.2 Å². The summed E-state index contributed by atoms with van der Waals surface area (Å²) in [6.45, 7) is 0.745. The molecule has 0 aliphatic carbocycles. The van der Waals surface area contributed by atoms with Crippen molar-refractivity contribution in [3.05, 3.63) is 35.6 Å². The molecule has 1 N–H and O–H groups in total. The summed E-state index contributed by atoms with van der Waals surface area (Å²) < 4.78 is 49.6. The van der Waals surface area contributed by atoms with Crippen LogP contribution in [0, 0.1) is 5.82 Å². The number of halogens is 4. The van der Waals surface area contributed by atoms with Crippen LogP contribution in [0.4, 0.5) is 17.6 Å². The van der Waals surface area contributed by atoms with E-state index in [0.29, 0.717) is 19.4 Å². The Morgan fingerprint density at radius 2 is 1.92 bits per heavy atom. The van der Waals surface area contributed by atoms with Crippen molar-refractivity contribution >= 4 is 11.8 Å². The molecule has 1 aliphatic heterocycles.